The minimum absolute atomic E-state index is 1.15. The second-order valence-corrected chi connectivity index (χ2v) is 11.8. The van der Waals surface area contributed by atoms with E-state index in [4.69, 9.17) is 0 Å². The van der Waals surface area contributed by atoms with Crippen LogP contribution in [0.25, 0.3) is 24.3 Å². The number of unbranched alkanes of at least 4 members (excludes halogenated alkanes) is 4. The molecule has 0 saturated heterocycles. The minimum Gasteiger partial charge on any atom is -0.372 e. The molecule has 0 aliphatic carbocycles. The SMILES string of the molecule is CCCCN(CCCC)c1ccc(/C=C/c2cc(C)c(/C=C/c3ccc(N(CCCC)CCCC)cc3)cc2C)cc1. The molecule has 2 nitrogen and oxygen atoms in total. The van der Waals surface area contributed by atoms with Gasteiger partial charge in [0, 0.05) is 37.6 Å². The van der Waals surface area contributed by atoms with Gasteiger partial charge in [0.15, 0.2) is 0 Å². The predicted octanol–water partition coefficient (Wildman–Crippen LogP) is 11.5. The molecule has 0 aromatic heterocycles. The van der Waals surface area contributed by atoms with E-state index in [1.54, 1.807) is 0 Å². The number of hydrogen-bond acceptors (Lipinski definition) is 2. The molecule has 0 N–H and O–H groups in total. The average molecular weight is 565 g/mol. The Bertz CT molecular complexity index is 1120. The van der Waals surface area contributed by atoms with E-state index in [2.05, 4.69) is 136 Å². The standard InChI is InChI=1S/C40H56N2/c1-7-11-27-41(28-12-8-2)39-23-17-35(18-24-39)15-21-37-31-34(6)38(32-33(37)5)22-16-36-19-25-40(26-20-36)42(29-13-9-3)30-14-10-4/h15-26,31-32H,7-14,27-30H2,1-6H3/b21-15+,22-16+. The van der Waals surface area contributed by atoms with Crippen LogP contribution in [0.15, 0.2) is 60.7 Å². The number of hydrogen-bond donors (Lipinski definition) is 0. The maximum Gasteiger partial charge on any atom is 0.0366 e. The summed E-state index contributed by atoms with van der Waals surface area (Å²) in [5, 5.41) is 0. The molecule has 0 radical (unpaired) electrons. The molecular formula is C40H56N2. The molecule has 0 aliphatic rings. The molecule has 42 heavy (non-hydrogen) atoms. The number of aryl methyl sites for hydroxylation is 2. The molecule has 3 aromatic carbocycles. The zero-order valence-electron chi connectivity index (χ0n) is 27.5. The summed E-state index contributed by atoms with van der Waals surface area (Å²) in [5.41, 5.74) is 10.4. The van der Waals surface area contributed by atoms with E-state index < -0.39 is 0 Å². The van der Waals surface area contributed by atoms with Gasteiger partial charge in [-0.25, -0.2) is 0 Å². The Hall–Kier alpha value is -3.26. The third-order valence-electron chi connectivity index (χ3n) is 8.21. The van der Waals surface area contributed by atoms with Gasteiger partial charge in [-0.2, -0.15) is 0 Å². The van der Waals surface area contributed by atoms with Crippen molar-refractivity contribution in [3.05, 3.63) is 94.0 Å². The van der Waals surface area contributed by atoms with Gasteiger partial charge in [-0.15, -0.1) is 0 Å². The van der Waals surface area contributed by atoms with Crippen LogP contribution in [-0.4, -0.2) is 26.2 Å². The van der Waals surface area contributed by atoms with Crippen LogP contribution < -0.4 is 9.80 Å². The van der Waals surface area contributed by atoms with Gasteiger partial charge in [0.2, 0.25) is 0 Å². The number of rotatable bonds is 18. The molecular weight excluding hydrogens is 508 g/mol. The van der Waals surface area contributed by atoms with Crippen molar-refractivity contribution in [2.24, 2.45) is 0 Å². The Balaban J connectivity index is 1.67. The fourth-order valence-electron chi connectivity index (χ4n) is 5.32. The number of nitrogens with zero attached hydrogens (tertiary/aromatic N) is 2. The molecule has 0 unspecified atom stereocenters. The zero-order valence-corrected chi connectivity index (χ0v) is 27.5. The highest BCUT2D eigenvalue weighted by atomic mass is 15.1. The first-order valence-electron chi connectivity index (χ1n) is 16.7. The van der Waals surface area contributed by atoms with E-state index in [0.717, 1.165) is 26.2 Å². The molecule has 0 aliphatic heterocycles. The van der Waals surface area contributed by atoms with E-state index in [1.807, 2.05) is 0 Å². The topological polar surface area (TPSA) is 6.48 Å². The third-order valence-corrected chi connectivity index (χ3v) is 8.21. The van der Waals surface area contributed by atoms with Crippen LogP contribution in [-0.2, 0) is 0 Å². The monoisotopic (exact) mass is 564 g/mol. The Labute approximate surface area is 258 Å². The highest BCUT2D eigenvalue weighted by Crippen LogP contribution is 2.23. The fourth-order valence-corrected chi connectivity index (χ4v) is 5.32. The molecule has 0 atom stereocenters. The molecule has 2 heteroatoms. The van der Waals surface area contributed by atoms with Crippen LogP contribution in [0.3, 0.4) is 0 Å². The Morgan fingerprint density at radius 1 is 0.452 bits per heavy atom. The van der Waals surface area contributed by atoms with Crippen molar-refractivity contribution in [2.45, 2.75) is 92.9 Å². The van der Waals surface area contributed by atoms with Crippen LogP contribution in [0, 0.1) is 13.8 Å². The van der Waals surface area contributed by atoms with Gasteiger partial charge in [-0.3, -0.25) is 0 Å². The lowest BCUT2D eigenvalue weighted by atomic mass is 9.98. The van der Waals surface area contributed by atoms with E-state index in [-0.39, 0.29) is 0 Å². The normalized spacial score (nSPS) is 11.6. The summed E-state index contributed by atoms with van der Waals surface area (Å²) in [5.74, 6) is 0. The van der Waals surface area contributed by atoms with Crippen LogP contribution in [0.5, 0.6) is 0 Å². The Morgan fingerprint density at radius 2 is 0.762 bits per heavy atom. The van der Waals surface area contributed by atoms with Gasteiger partial charge in [0.25, 0.3) is 0 Å². The fraction of sp³-hybridized carbons (Fsp3) is 0.450. The smallest absolute Gasteiger partial charge is 0.0366 e. The van der Waals surface area contributed by atoms with Crippen molar-refractivity contribution in [3.63, 3.8) is 0 Å². The molecule has 3 rings (SSSR count). The van der Waals surface area contributed by atoms with Crippen molar-refractivity contribution in [3.8, 4) is 0 Å². The third kappa shape index (κ3) is 10.5. The summed E-state index contributed by atoms with van der Waals surface area (Å²) in [4.78, 5) is 5.09. The molecule has 0 saturated carbocycles. The van der Waals surface area contributed by atoms with E-state index in [0.29, 0.717) is 0 Å². The molecule has 0 amide bonds. The first-order valence-corrected chi connectivity index (χ1v) is 16.7. The van der Waals surface area contributed by atoms with Gasteiger partial charge < -0.3 is 9.80 Å². The van der Waals surface area contributed by atoms with Gasteiger partial charge >= 0.3 is 0 Å². The van der Waals surface area contributed by atoms with Crippen LogP contribution >= 0.6 is 0 Å². The minimum atomic E-state index is 1.15. The highest BCUT2D eigenvalue weighted by Gasteiger charge is 2.07. The summed E-state index contributed by atoms with van der Waals surface area (Å²) >= 11 is 0. The van der Waals surface area contributed by atoms with Crippen molar-refractivity contribution in [1.29, 1.82) is 0 Å². The number of benzene rings is 3. The zero-order chi connectivity index (χ0) is 30.2. The first kappa shape index (κ1) is 33.2. The summed E-state index contributed by atoms with van der Waals surface area (Å²) in [7, 11) is 0. The highest BCUT2D eigenvalue weighted by molar-refractivity contribution is 5.76. The van der Waals surface area contributed by atoms with E-state index in [1.165, 1.54) is 96.1 Å². The van der Waals surface area contributed by atoms with Gasteiger partial charge in [-0.05, 0) is 97.2 Å². The average Bonchev–Trinajstić information content (AvgIpc) is 3.01. The predicted molar refractivity (Wildman–Crippen MR) is 191 cm³/mol. The maximum absolute atomic E-state index is 2.55. The second kappa shape index (κ2) is 18.3. The first-order chi connectivity index (χ1) is 20.5. The van der Waals surface area contributed by atoms with Crippen LogP contribution in [0.4, 0.5) is 11.4 Å². The van der Waals surface area contributed by atoms with Crippen molar-refractivity contribution in [1.82, 2.24) is 0 Å². The van der Waals surface area contributed by atoms with Crippen molar-refractivity contribution in [2.75, 3.05) is 36.0 Å². The van der Waals surface area contributed by atoms with Gasteiger partial charge in [-0.1, -0.05) is 114 Å². The van der Waals surface area contributed by atoms with E-state index in [9.17, 15) is 0 Å². The van der Waals surface area contributed by atoms with Gasteiger partial charge in [0.1, 0.15) is 0 Å². The lowest BCUT2D eigenvalue weighted by Gasteiger charge is -2.24. The molecule has 226 valence electrons. The Morgan fingerprint density at radius 3 is 1.05 bits per heavy atom. The van der Waals surface area contributed by atoms with E-state index >= 15 is 0 Å². The quantitative estimate of drug-likeness (QED) is 0.142. The summed E-state index contributed by atoms with van der Waals surface area (Å²) in [6, 6.07) is 22.8. The maximum atomic E-state index is 2.55. The lowest BCUT2D eigenvalue weighted by molar-refractivity contribution is 0.678. The van der Waals surface area contributed by atoms with Crippen LogP contribution in [0.1, 0.15) is 112 Å². The largest absolute Gasteiger partial charge is 0.372 e. The Kier molecular flexibility index (Phi) is 14.5. The second-order valence-electron chi connectivity index (χ2n) is 11.8. The summed E-state index contributed by atoms with van der Waals surface area (Å²) < 4.78 is 0. The van der Waals surface area contributed by atoms with Crippen LogP contribution in [0.2, 0.25) is 0 Å². The molecule has 3 aromatic rings. The molecule has 0 spiro atoms. The molecule has 0 heterocycles. The lowest BCUT2D eigenvalue weighted by Crippen LogP contribution is -2.25. The van der Waals surface area contributed by atoms with Crippen molar-refractivity contribution >= 4 is 35.7 Å². The van der Waals surface area contributed by atoms with Gasteiger partial charge in [0.05, 0.1) is 0 Å². The van der Waals surface area contributed by atoms with Crippen molar-refractivity contribution < 1.29 is 0 Å². The summed E-state index contributed by atoms with van der Waals surface area (Å²) in [6.07, 6.45) is 19.0. The number of anilines is 2. The molecule has 0 fully saturated rings. The molecule has 0 bridgehead atoms. The summed E-state index contributed by atoms with van der Waals surface area (Å²) in [6.45, 7) is 18.1.